The molecule has 0 aliphatic carbocycles. The molecule has 2 aromatic rings. The van der Waals surface area contributed by atoms with Gasteiger partial charge in [-0.2, -0.15) is 0 Å². The topological polar surface area (TPSA) is 88.8 Å². The van der Waals surface area contributed by atoms with Crippen LogP contribution < -0.4 is 15.4 Å². The number of aromatic nitrogens is 3. The molecular weight excluding hydrogens is 540 g/mol. The number of likely N-dealkylation sites (tertiary alicyclic amines) is 1. The summed E-state index contributed by atoms with van der Waals surface area (Å²) >= 11 is 0. The average molecular weight is 575 g/mol. The van der Waals surface area contributed by atoms with Gasteiger partial charge in [0.2, 0.25) is 0 Å². The fraction of sp³-hybridized carbons (Fsp3) is 0.591. The van der Waals surface area contributed by atoms with E-state index in [2.05, 4.69) is 25.7 Å². The van der Waals surface area contributed by atoms with E-state index in [1.807, 2.05) is 24.6 Å². The first-order valence-corrected chi connectivity index (χ1v) is 10.9. The van der Waals surface area contributed by atoms with Crippen molar-refractivity contribution in [2.24, 2.45) is 12.0 Å². The summed E-state index contributed by atoms with van der Waals surface area (Å²) in [6.07, 6.45) is 1.96. The van der Waals surface area contributed by atoms with Gasteiger partial charge >= 0.3 is 0 Å². The summed E-state index contributed by atoms with van der Waals surface area (Å²) in [4.78, 5) is 7.04. The van der Waals surface area contributed by atoms with Crippen LogP contribution in [0.1, 0.15) is 30.1 Å². The lowest BCUT2D eigenvalue weighted by Crippen LogP contribution is -2.49. The van der Waals surface area contributed by atoms with Crippen molar-refractivity contribution in [2.45, 2.75) is 38.9 Å². The number of ether oxygens (including phenoxy) is 2. The number of piperidine rings is 1. The maximum Gasteiger partial charge on any atom is 0.192 e. The van der Waals surface area contributed by atoms with Crippen LogP contribution in [0.5, 0.6) is 5.75 Å². The highest BCUT2D eigenvalue weighted by molar-refractivity contribution is 14.0. The number of hydrogen-bond acceptors (Lipinski definition) is 6. The van der Waals surface area contributed by atoms with Crippen LogP contribution in [0.3, 0.4) is 0 Å². The minimum Gasteiger partial charge on any atom is -0.494 e. The third kappa shape index (κ3) is 8.07. The van der Waals surface area contributed by atoms with E-state index >= 15 is 0 Å². The number of benzene rings is 1. The van der Waals surface area contributed by atoms with Crippen molar-refractivity contribution in [1.82, 2.24) is 30.3 Å². The molecule has 184 valence electrons. The van der Waals surface area contributed by atoms with Crippen molar-refractivity contribution in [2.75, 3.05) is 40.5 Å². The van der Waals surface area contributed by atoms with Gasteiger partial charge in [-0.15, -0.1) is 34.2 Å². The van der Waals surface area contributed by atoms with Gasteiger partial charge < -0.3 is 24.7 Å². The van der Waals surface area contributed by atoms with Crippen LogP contribution >= 0.6 is 24.0 Å². The number of aliphatic imine (C=N–C) groups is 1. The number of nitrogens with zero attached hydrogens (tertiary/aromatic N) is 5. The molecule has 1 aromatic carbocycles. The molecule has 2 N–H and O–H groups in total. The Hall–Kier alpha value is -1.99. The van der Waals surface area contributed by atoms with Crippen LogP contribution in [-0.2, 0) is 24.9 Å². The second-order valence-electron chi connectivity index (χ2n) is 7.97. The molecule has 1 fully saturated rings. The lowest BCUT2D eigenvalue weighted by atomic mass is 10.0. The molecule has 1 aromatic heterocycles. The molecule has 1 saturated heterocycles. The van der Waals surface area contributed by atoms with E-state index in [-0.39, 0.29) is 35.5 Å². The van der Waals surface area contributed by atoms with Crippen molar-refractivity contribution < 1.29 is 13.9 Å². The summed E-state index contributed by atoms with van der Waals surface area (Å²) in [5.41, 5.74) is 0.956. The number of guanidine groups is 1. The van der Waals surface area contributed by atoms with Crippen molar-refractivity contribution in [1.29, 1.82) is 0 Å². The minimum absolute atomic E-state index is 0. The Morgan fingerprint density at radius 2 is 2.00 bits per heavy atom. The monoisotopic (exact) mass is 575 g/mol. The van der Waals surface area contributed by atoms with E-state index in [1.54, 1.807) is 19.2 Å². The molecule has 0 unspecified atom stereocenters. The maximum absolute atomic E-state index is 14.0. The predicted molar refractivity (Wildman–Crippen MR) is 137 cm³/mol. The van der Waals surface area contributed by atoms with Gasteiger partial charge in [0.05, 0.1) is 13.7 Å². The van der Waals surface area contributed by atoms with E-state index in [1.165, 1.54) is 7.11 Å². The van der Waals surface area contributed by atoms with Gasteiger partial charge in [-0.1, -0.05) is 6.07 Å². The Labute approximate surface area is 212 Å². The number of rotatable bonds is 9. The van der Waals surface area contributed by atoms with Crippen LogP contribution in [0.4, 0.5) is 4.39 Å². The number of nitrogens with one attached hydrogen (secondary N) is 2. The van der Waals surface area contributed by atoms with Crippen molar-refractivity contribution in [3.63, 3.8) is 0 Å². The largest absolute Gasteiger partial charge is 0.494 e. The highest BCUT2D eigenvalue weighted by Crippen LogP contribution is 2.20. The quantitative estimate of drug-likeness (QED) is 0.205. The van der Waals surface area contributed by atoms with Crippen LogP contribution in [0, 0.1) is 12.7 Å². The molecule has 0 spiro atoms. The van der Waals surface area contributed by atoms with E-state index < -0.39 is 0 Å². The van der Waals surface area contributed by atoms with Gasteiger partial charge in [0.25, 0.3) is 0 Å². The lowest BCUT2D eigenvalue weighted by Gasteiger charge is -2.33. The van der Waals surface area contributed by atoms with Gasteiger partial charge in [0.15, 0.2) is 23.4 Å². The molecule has 2 heterocycles. The molecule has 3 rings (SSSR count). The van der Waals surface area contributed by atoms with E-state index in [4.69, 9.17) is 14.5 Å². The summed E-state index contributed by atoms with van der Waals surface area (Å²) < 4.78 is 26.1. The van der Waals surface area contributed by atoms with Crippen molar-refractivity contribution in [3.05, 3.63) is 41.2 Å². The Morgan fingerprint density at radius 3 is 2.61 bits per heavy atom. The lowest BCUT2D eigenvalue weighted by molar-refractivity contribution is 0.196. The molecule has 0 radical (unpaired) electrons. The molecule has 0 bridgehead atoms. The van der Waals surface area contributed by atoms with E-state index in [0.29, 0.717) is 25.7 Å². The fourth-order valence-electron chi connectivity index (χ4n) is 3.66. The number of hydrogen-bond donors (Lipinski definition) is 2. The second kappa shape index (κ2) is 13.7. The molecule has 0 saturated carbocycles. The molecule has 9 nitrogen and oxygen atoms in total. The average Bonchev–Trinajstić information content (AvgIpc) is 3.11. The summed E-state index contributed by atoms with van der Waals surface area (Å²) in [5, 5.41) is 15.1. The predicted octanol–water partition coefficient (Wildman–Crippen LogP) is 2.24. The number of aryl methyl sites for hydroxylation is 1. The smallest absolute Gasteiger partial charge is 0.192 e. The first-order chi connectivity index (χ1) is 15.5. The standard InChI is InChI=1S/C22H34FN7O2.HI/c1-16-27-28-21(29(16)2)14-25-22(24-9-12-31-3)26-18-7-10-30(11-8-18)15-17-5-6-20(32-4)19(23)13-17;/h5-6,13,18H,7-12,14-15H2,1-4H3,(H2,24,25,26);1H. The Bertz CT molecular complexity index is 901. The SMILES string of the molecule is COCCNC(=NCc1nnc(C)n1C)NC1CCN(Cc2ccc(OC)c(F)c2)CC1.I. The minimum atomic E-state index is -0.317. The van der Waals surface area contributed by atoms with E-state index in [9.17, 15) is 4.39 Å². The van der Waals surface area contributed by atoms with Gasteiger partial charge in [-0.25, -0.2) is 9.38 Å². The highest BCUT2D eigenvalue weighted by atomic mass is 127. The highest BCUT2D eigenvalue weighted by Gasteiger charge is 2.20. The Morgan fingerprint density at radius 1 is 1.24 bits per heavy atom. The summed E-state index contributed by atoms with van der Waals surface area (Å²) in [5.74, 6) is 2.39. The summed E-state index contributed by atoms with van der Waals surface area (Å²) in [7, 11) is 5.10. The van der Waals surface area contributed by atoms with Crippen molar-refractivity contribution >= 4 is 29.9 Å². The first-order valence-electron chi connectivity index (χ1n) is 10.9. The Kier molecular flexibility index (Phi) is 11.3. The van der Waals surface area contributed by atoms with E-state index in [0.717, 1.165) is 55.6 Å². The maximum atomic E-state index is 14.0. The van der Waals surface area contributed by atoms with Crippen LogP contribution in [-0.4, -0.2) is 72.1 Å². The van der Waals surface area contributed by atoms with Crippen LogP contribution in [0.15, 0.2) is 23.2 Å². The zero-order valence-corrected chi connectivity index (χ0v) is 22.1. The van der Waals surface area contributed by atoms with Gasteiger partial charge in [-0.05, 0) is 37.5 Å². The third-order valence-corrected chi connectivity index (χ3v) is 5.71. The molecular formula is C22H35FIN7O2. The van der Waals surface area contributed by atoms with Gasteiger partial charge in [0, 0.05) is 46.4 Å². The third-order valence-electron chi connectivity index (χ3n) is 5.71. The molecule has 1 aliphatic rings. The molecule has 0 atom stereocenters. The summed E-state index contributed by atoms with van der Waals surface area (Å²) in [6, 6.07) is 5.48. The van der Waals surface area contributed by atoms with Crippen molar-refractivity contribution in [3.8, 4) is 5.75 Å². The number of methoxy groups -OCH3 is 2. The zero-order chi connectivity index (χ0) is 22.9. The van der Waals surface area contributed by atoms with Gasteiger partial charge in [0.1, 0.15) is 12.4 Å². The summed E-state index contributed by atoms with van der Waals surface area (Å²) in [6.45, 7) is 6.22. The van der Waals surface area contributed by atoms with Gasteiger partial charge in [-0.3, -0.25) is 4.90 Å². The first kappa shape index (κ1) is 27.3. The second-order valence-corrected chi connectivity index (χ2v) is 7.97. The number of halogens is 2. The molecule has 33 heavy (non-hydrogen) atoms. The Balaban J connectivity index is 0.00000385. The molecule has 11 heteroatoms. The van der Waals surface area contributed by atoms with Crippen LogP contribution in [0.2, 0.25) is 0 Å². The molecule has 0 amide bonds. The van der Waals surface area contributed by atoms with Crippen LogP contribution in [0.25, 0.3) is 0 Å². The normalized spacial score (nSPS) is 15.2. The fourth-order valence-corrected chi connectivity index (χ4v) is 3.66. The molecule has 1 aliphatic heterocycles. The zero-order valence-electron chi connectivity index (χ0n) is 19.8.